The van der Waals surface area contributed by atoms with Crippen LogP contribution in [0.15, 0.2) is 22.8 Å². The maximum atomic E-state index is 11.7. The lowest BCUT2D eigenvalue weighted by Gasteiger charge is -2.25. The second-order valence-corrected chi connectivity index (χ2v) is 5.65. The standard InChI is InChI=1S/C15H24N2O3/c1-11(10-13(18)14-6-3-9-20-14)17-15(19)16-8-7-12-4-2-5-12/h3,6,9,11-13,18H,2,4-5,7-8,10H2,1H3,(H2,16,17,19)/t11-,13+/m0/s1. The van der Waals surface area contributed by atoms with Crippen molar-refractivity contribution >= 4 is 6.03 Å². The van der Waals surface area contributed by atoms with Gasteiger partial charge in [-0.2, -0.15) is 0 Å². The summed E-state index contributed by atoms with van der Waals surface area (Å²) in [7, 11) is 0. The van der Waals surface area contributed by atoms with Crippen LogP contribution in [0.25, 0.3) is 0 Å². The molecule has 2 rings (SSSR count). The van der Waals surface area contributed by atoms with Gasteiger partial charge in [-0.3, -0.25) is 0 Å². The SMILES string of the molecule is C[C@@H](C[C@@H](O)c1ccco1)NC(=O)NCCC1CCC1. The molecule has 2 atom stereocenters. The largest absolute Gasteiger partial charge is 0.467 e. The minimum atomic E-state index is -0.685. The summed E-state index contributed by atoms with van der Waals surface area (Å²) in [6.07, 6.45) is 6.28. The first kappa shape index (κ1) is 14.9. The zero-order valence-electron chi connectivity index (χ0n) is 12.0. The van der Waals surface area contributed by atoms with Gasteiger partial charge in [0, 0.05) is 19.0 Å². The molecular weight excluding hydrogens is 256 g/mol. The van der Waals surface area contributed by atoms with E-state index in [1.165, 1.54) is 25.5 Å². The van der Waals surface area contributed by atoms with Crippen molar-refractivity contribution in [1.82, 2.24) is 10.6 Å². The highest BCUT2D eigenvalue weighted by Gasteiger charge is 2.18. The van der Waals surface area contributed by atoms with Gasteiger partial charge in [-0.15, -0.1) is 0 Å². The monoisotopic (exact) mass is 280 g/mol. The Hall–Kier alpha value is -1.49. The van der Waals surface area contributed by atoms with Gasteiger partial charge in [0.2, 0.25) is 0 Å². The average Bonchev–Trinajstić information content (AvgIpc) is 2.85. The molecule has 5 heteroatoms. The number of hydrogen-bond donors (Lipinski definition) is 3. The summed E-state index contributed by atoms with van der Waals surface area (Å²) in [6, 6.07) is 3.20. The zero-order chi connectivity index (χ0) is 14.4. The van der Waals surface area contributed by atoms with Crippen LogP contribution in [0.5, 0.6) is 0 Å². The molecule has 0 radical (unpaired) electrons. The number of carbonyl (C=O) groups excluding carboxylic acids is 1. The van der Waals surface area contributed by atoms with Crippen molar-refractivity contribution in [3.63, 3.8) is 0 Å². The number of nitrogens with one attached hydrogen (secondary N) is 2. The van der Waals surface area contributed by atoms with E-state index in [0.29, 0.717) is 12.2 Å². The van der Waals surface area contributed by atoms with Crippen molar-refractivity contribution in [3.8, 4) is 0 Å². The van der Waals surface area contributed by atoms with Gasteiger partial charge in [0.15, 0.2) is 0 Å². The Labute approximate surface area is 119 Å². The van der Waals surface area contributed by atoms with Crippen molar-refractivity contribution in [2.45, 2.75) is 51.2 Å². The first-order chi connectivity index (χ1) is 9.65. The first-order valence-electron chi connectivity index (χ1n) is 7.41. The van der Waals surface area contributed by atoms with E-state index in [1.807, 2.05) is 6.92 Å². The first-order valence-corrected chi connectivity index (χ1v) is 7.41. The van der Waals surface area contributed by atoms with Gasteiger partial charge in [0.25, 0.3) is 0 Å². The second kappa shape index (κ2) is 7.33. The lowest BCUT2D eigenvalue weighted by molar-refractivity contribution is 0.129. The molecule has 1 aromatic heterocycles. The molecule has 0 spiro atoms. The summed E-state index contributed by atoms with van der Waals surface area (Å²) in [5.41, 5.74) is 0. The van der Waals surface area contributed by atoms with E-state index in [2.05, 4.69) is 10.6 Å². The van der Waals surface area contributed by atoms with Gasteiger partial charge in [-0.25, -0.2) is 4.79 Å². The van der Waals surface area contributed by atoms with Crippen LogP contribution < -0.4 is 10.6 Å². The summed E-state index contributed by atoms with van der Waals surface area (Å²) in [6.45, 7) is 2.60. The van der Waals surface area contributed by atoms with Crippen LogP contribution in [-0.2, 0) is 0 Å². The molecule has 0 unspecified atom stereocenters. The highest BCUT2D eigenvalue weighted by Crippen LogP contribution is 2.28. The molecule has 1 saturated carbocycles. The molecule has 0 saturated heterocycles. The summed E-state index contributed by atoms with van der Waals surface area (Å²) in [5.74, 6) is 1.33. The third-order valence-corrected chi connectivity index (χ3v) is 3.89. The Morgan fingerprint density at radius 3 is 2.95 bits per heavy atom. The smallest absolute Gasteiger partial charge is 0.314 e. The molecule has 3 N–H and O–H groups in total. The molecule has 0 aliphatic heterocycles. The van der Waals surface area contributed by atoms with E-state index < -0.39 is 6.10 Å². The average molecular weight is 280 g/mol. The van der Waals surface area contributed by atoms with Crippen molar-refractivity contribution in [2.75, 3.05) is 6.54 Å². The minimum absolute atomic E-state index is 0.112. The maximum absolute atomic E-state index is 11.7. The zero-order valence-corrected chi connectivity index (χ0v) is 12.0. The van der Waals surface area contributed by atoms with Crippen molar-refractivity contribution in [1.29, 1.82) is 0 Å². The number of urea groups is 1. The maximum Gasteiger partial charge on any atom is 0.314 e. The van der Waals surface area contributed by atoms with Crippen LogP contribution in [0.4, 0.5) is 4.79 Å². The third-order valence-electron chi connectivity index (χ3n) is 3.89. The summed E-state index contributed by atoms with van der Waals surface area (Å²) < 4.78 is 5.13. The highest BCUT2D eigenvalue weighted by molar-refractivity contribution is 5.74. The molecule has 1 aromatic rings. The lowest BCUT2D eigenvalue weighted by Crippen LogP contribution is -2.42. The molecule has 2 amide bonds. The van der Waals surface area contributed by atoms with Crippen LogP contribution in [0, 0.1) is 5.92 Å². The van der Waals surface area contributed by atoms with E-state index in [-0.39, 0.29) is 12.1 Å². The van der Waals surface area contributed by atoms with E-state index in [9.17, 15) is 9.90 Å². The van der Waals surface area contributed by atoms with Crippen molar-refractivity contribution in [3.05, 3.63) is 24.2 Å². The number of carbonyl (C=O) groups is 1. The Bertz CT molecular complexity index is 401. The van der Waals surface area contributed by atoms with Gasteiger partial charge in [0.1, 0.15) is 11.9 Å². The Balaban J connectivity index is 1.60. The minimum Gasteiger partial charge on any atom is -0.467 e. The molecule has 0 aromatic carbocycles. The van der Waals surface area contributed by atoms with E-state index >= 15 is 0 Å². The number of aliphatic hydroxyl groups is 1. The number of rotatable bonds is 7. The van der Waals surface area contributed by atoms with Crippen LogP contribution in [-0.4, -0.2) is 23.7 Å². The molecule has 1 aliphatic carbocycles. The molecule has 1 fully saturated rings. The number of aliphatic hydroxyl groups excluding tert-OH is 1. The molecule has 5 nitrogen and oxygen atoms in total. The fourth-order valence-electron chi connectivity index (χ4n) is 2.44. The van der Waals surface area contributed by atoms with Crippen molar-refractivity contribution in [2.24, 2.45) is 5.92 Å². The van der Waals surface area contributed by atoms with Gasteiger partial charge in [0.05, 0.1) is 6.26 Å². The molecule has 1 heterocycles. The van der Waals surface area contributed by atoms with Crippen LogP contribution in [0.3, 0.4) is 0 Å². The number of hydrogen-bond acceptors (Lipinski definition) is 3. The Kier molecular flexibility index (Phi) is 5.47. The van der Waals surface area contributed by atoms with Gasteiger partial charge in [-0.1, -0.05) is 19.3 Å². The Morgan fingerprint density at radius 2 is 2.35 bits per heavy atom. The molecule has 0 bridgehead atoms. The van der Waals surface area contributed by atoms with Crippen LogP contribution in [0.1, 0.15) is 50.9 Å². The molecular formula is C15H24N2O3. The van der Waals surface area contributed by atoms with Crippen LogP contribution in [0.2, 0.25) is 0 Å². The predicted octanol–water partition coefficient (Wildman–Crippen LogP) is 2.58. The quantitative estimate of drug-likeness (QED) is 0.718. The van der Waals surface area contributed by atoms with Crippen LogP contribution >= 0.6 is 0 Å². The van der Waals surface area contributed by atoms with E-state index in [0.717, 1.165) is 18.9 Å². The molecule has 20 heavy (non-hydrogen) atoms. The fraction of sp³-hybridized carbons (Fsp3) is 0.667. The van der Waals surface area contributed by atoms with E-state index in [1.54, 1.807) is 12.1 Å². The lowest BCUT2D eigenvalue weighted by atomic mass is 9.83. The van der Waals surface area contributed by atoms with Gasteiger partial charge in [-0.05, 0) is 31.4 Å². The van der Waals surface area contributed by atoms with E-state index in [4.69, 9.17) is 4.42 Å². The second-order valence-electron chi connectivity index (χ2n) is 5.65. The molecule has 1 aliphatic rings. The van der Waals surface area contributed by atoms with Gasteiger partial charge < -0.3 is 20.2 Å². The summed E-state index contributed by atoms with van der Waals surface area (Å²) in [5, 5.41) is 15.6. The van der Waals surface area contributed by atoms with Crippen molar-refractivity contribution < 1.29 is 14.3 Å². The summed E-state index contributed by atoms with van der Waals surface area (Å²) in [4.78, 5) is 11.7. The number of amides is 2. The van der Waals surface area contributed by atoms with Gasteiger partial charge >= 0.3 is 6.03 Å². The predicted molar refractivity (Wildman–Crippen MR) is 76.2 cm³/mol. The molecule has 112 valence electrons. The fourth-order valence-corrected chi connectivity index (χ4v) is 2.44. The normalized spacial score (nSPS) is 18.1. The highest BCUT2D eigenvalue weighted by atomic mass is 16.4. The third kappa shape index (κ3) is 4.56. The number of furan rings is 1. The summed E-state index contributed by atoms with van der Waals surface area (Å²) >= 11 is 0. The topological polar surface area (TPSA) is 74.5 Å². The Morgan fingerprint density at radius 1 is 1.55 bits per heavy atom.